The molecule has 1 aliphatic heterocycles. The van der Waals surface area contributed by atoms with Crippen LogP contribution in [0.3, 0.4) is 0 Å². The zero-order chi connectivity index (χ0) is 19.1. The molecule has 1 saturated heterocycles. The van der Waals surface area contributed by atoms with E-state index in [-0.39, 0.29) is 0 Å². The maximum absolute atomic E-state index is 14.6. The fraction of sp³-hybridized carbons (Fsp3) is 0.278. The molecule has 3 aromatic rings. The second kappa shape index (κ2) is 7.38. The van der Waals surface area contributed by atoms with Gasteiger partial charge < -0.3 is 15.6 Å². The van der Waals surface area contributed by atoms with E-state index in [1.165, 1.54) is 17.7 Å². The lowest BCUT2D eigenvalue weighted by Crippen LogP contribution is -2.28. The molecule has 3 N–H and O–H groups in total. The van der Waals surface area contributed by atoms with Crippen molar-refractivity contribution in [1.29, 1.82) is 0 Å². The lowest BCUT2D eigenvalue weighted by molar-refractivity contribution is 0.0263. The van der Waals surface area contributed by atoms with Gasteiger partial charge in [0.25, 0.3) is 0 Å². The first-order valence-electron chi connectivity index (χ1n) is 8.17. The Bertz CT molecular complexity index is 1010. The highest BCUT2D eigenvalue weighted by atomic mass is 127. The molecule has 1 amide bonds. The molecular formula is C18H15FIN3O3S. The first-order valence-corrected chi connectivity index (χ1v) is 10.6. The number of ether oxygens (including phenoxy) is 1. The van der Waals surface area contributed by atoms with Gasteiger partial charge in [0.05, 0.1) is 22.0 Å². The van der Waals surface area contributed by atoms with Crippen molar-refractivity contribution in [2.24, 2.45) is 5.73 Å². The van der Waals surface area contributed by atoms with E-state index >= 15 is 0 Å². The minimum atomic E-state index is -1.53. The molecule has 1 aromatic carbocycles. The standard InChI is InChI=1S/C18H15FIN3O3S/c19-12-15(24)11(5-20)26-16(12)10-6-27-17-13(22-7-23-14(10)17)8-3-1-2-4-9(8)18(21)25/h1-4,6-7,11-12,15-16,24H,5H2,(H2,21,25)/t11-,12-,15-,16+/m1/s1. The van der Waals surface area contributed by atoms with Gasteiger partial charge in [0.1, 0.15) is 18.5 Å². The van der Waals surface area contributed by atoms with Gasteiger partial charge in [0.15, 0.2) is 6.17 Å². The molecule has 6 nitrogen and oxygen atoms in total. The van der Waals surface area contributed by atoms with Gasteiger partial charge in [0, 0.05) is 21.1 Å². The first-order chi connectivity index (χ1) is 13.0. The Morgan fingerprint density at radius 3 is 2.85 bits per heavy atom. The number of amides is 1. The van der Waals surface area contributed by atoms with Crippen LogP contribution in [0.2, 0.25) is 0 Å². The molecule has 3 heterocycles. The molecule has 0 radical (unpaired) electrons. The third kappa shape index (κ3) is 3.12. The number of nitrogens with zero attached hydrogens (tertiary/aromatic N) is 2. The van der Waals surface area contributed by atoms with Crippen LogP contribution in [-0.4, -0.2) is 43.8 Å². The normalized spacial score (nSPS) is 25.1. The topological polar surface area (TPSA) is 98.3 Å². The highest BCUT2D eigenvalue weighted by Gasteiger charge is 2.45. The molecule has 9 heteroatoms. The van der Waals surface area contributed by atoms with Crippen molar-refractivity contribution in [2.75, 3.05) is 4.43 Å². The Morgan fingerprint density at radius 1 is 1.37 bits per heavy atom. The second-order valence-corrected chi connectivity index (χ2v) is 7.95. The number of benzene rings is 1. The summed E-state index contributed by atoms with van der Waals surface area (Å²) in [6.07, 6.45) is -2.77. The van der Waals surface area contributed by atoms with Crippen LogP contribution in [0.15, 0.2) is 36.0 Å². The number of hydrogen-bond acceptors (Lipinski definition) is 6. The van der Waals surface area contributed by atoms with Gasteiger partial charge in [0.2, 0.25) is 5.91 Å². The van der Waals surface area contributed by atoms with Gasteiger partial charge in [-0.25, -0.2) is 14.4 Å². The molecular weight excluding hydrogens is 484 g/mol. The van der Waals surface area contributed by atoms with Gasteiger partial charge in [-0.15, -0.1) is 11.3 Å². The predicted octanol–water partition coefficient (Wildman–Crippen LogP) is 3.03. The highest BCUT2D eigenvalue weighted by molar-refractivity contribution is 14.1. The van der Waals surface area contributed by atoms with Crippen molar-refractivity contribution < 1.29 is 19.0 Å². The maximum Gasteiger partial charge on any atom is 0.249 e. The maximum atomic E-state index is 14.6. The Kier molecular flexibility index (Phi) is 5.10. The van der Waals surface area contributed by atoms with Crippen molar-refractivity contribution in [2.45, 2.75) is 24.5 Å². The number of hydrogen-bond donors (Lipinski definition) is 2. The molecule has 0 bridgehead atoms. The molecule has 1 fully saturated rings. The van der Waals surface area contributed by atoms with Gasteiger partial charge in [-0.3, -0.25) is 4.79 Å². The number of aliphatic hydroxyl groups excluding tert-OH is 1. The highest BCUT2D eigenvalue weighted by Crippen LogP contribution is 2.42. The molecule has 1 aliphatic rings. The summed E-state index contributed by atoms with van der Waals surface area (Å²) < 4.78 is 21.6. The van der Waals surface area contributed by atoms with Crippen LogP contribution in [-0.2, 0) is 4.74 Å². The van der Waals surface area contributed by atoms with Crippen LogP contribution in [0.5, 0.6) is 0 Å². The van der Waals surface area contributed by atoms with Crippen LogP contribution in [0.25, 0.3) is 21.5 Å². The molecule has 0 aliphatic carbocycles. The Labute approximate surface area is 171 Å². The summed E-state index contributed by atoms with van der Waals surface area (Å²) in [5, 5.41) is 11.8. The quantitative estimate of drug-likeness (QED) is 0.425. The number of halogens is 2. The number of primary amides is 1. The van der Waals surface area contributed by atoms with E-state index in [0.717, 1.165) is 0 Å². The average molecular weight is 499 g/mol. The fourth-order valence-electron chi connectivity index (χ4n) is 3.27. The molecule has 140 valence electrons. The van der Waals surface area contributed by atoms with E-state index in [2.05, 4.69) is 32.6 Å². The zero-order valence-electron chi connectivity index (χ0n) is 13.9. The number of carbonyl (C=O) groups excluding carboxylic acids is 1. The zero-order valence-corrected chi connectivity index (χ0v) is 16.9. The van der Waals surface area contributed by atoms with Crippen LogP contribution < -0.4 is 5.73 Å². The molecule has 0 spiro atoms. The van der Waals surface area contributed by atoms with Crippen molar-refractivity contribution >= 4 is 50.1 Å². The smallest absolute Gasteiger partial charge is 0.249 e. The summed E-state index contributed by atoms with van der Waals surface area (Å²) in [5.74, 6) is -0.551. The van der Waals surface area contributed by atoms with E-state index in [0.29, 0.717) is 37.0 Å². The fourth-order valence-corrected chi connectivity index (χ4v) is 5.04. The van der Waals surface area contributed by atoms with Crippen LogP contribution in [0.4, 0.5) is 4.39 Å². The summed E-state index contributed by atoms with van der Waals surface area (Å²) in [4.78, 5) is 20.4. The van der Waals surface area contributed by atoms with Crippen LogP contribution in [0, 0.1) is 0 Å². The third-order valence-corrected chi connectivity index (χ3v) is 6.47. The summed E-state index contributed by atoms with van der Waals surface area (Å²) >= 11 is 3.41. The van der Waals surface area contributed by atoms with Crippen LogP contribution in [0.1, 0.15) is 22.0 Å². The molecule has 2 aromatic heterocycles. The van der Waals surface area contributed by atoms with Gasteiger partial charge in [-0.1, -0.05) is 40.8 Å². The first kappa shape index (κ1) is 18.7. The summed E-state index contributed by atoms with van der Waals surface area (Å²) in [5.41, 5.74) is 8.13. The number of fused-ring (bicyclic) bond motifs is 1. The number of carbonyl (C=O) groups is 1. The number of rotatable bonds is 4. The Morgan fingerprint density at radius 2 is 2.15 bits per heavy atom. The van der Waals surface area contributed by atoms with E-state index in [1.807, 2.05) is 0 Å². The van der Waals surface area contributed by atoms with Gasteiger partial charge >= 0.3 is 0 Å². The molecule has 27 heavy (non-hydrogen) atoms. The second-order valence-electron chi connectivity index (χ2n) is 6.19. The predicted molar refractivity (Wildman–Crippen MR) is 109 cm³/mol. The number of nitrogens with two attached hydrogens (primary N) is 1. The minimum absolute atomic E-state index is 0.355. The monoisotopic (exact) mass is 499 g/mol. The molecule has 0 unspecified atom stereocenters. The van der Waals surface area contributed by atoms with Crippen molar-refractivity contribution in [1.82, 2.24) is 9.97 Å². The summed E-state index contributed by atoms with van der Waals surface area (Å²) in [7, 11) is 0. The van der Waals surface area contributed by atoms with Crippen molar-refractivity contribution in [3.63, 3.8) is 0 Å². The third-order valence-electron chi connectivity index (χ3n) is 4.61. The lowest BCUT2D eigenvalue weighted by Gasteiger charge is -2.12. The molecule has 0 saturated carbocycles. The number of aromatic nitrogens is 2. The van der Waals surface area contributed by atoms with Crippen LogP contribution >= 0.6 is 33.9 Å². The van der Waals surface area contributed by atoms with Crippen molar-refractivity contribution in [3.8, 4) is 11.3 Å². The lowest BCUT2D eigenvalue weighted by atomic mass is 10.0. The molecule has 4 atom stereocenters. The minimum Gasteiger partial charge on any atom is -0.387 e. The SMILES string of the molecule is NC(=O)c1ccccc1-c1ncnc2c([C@@H]3O[C@H](CI)[C@@H](O)[C@H]3F)csc12. The van der Waals surface area contributed by atoms with E-state index in [9.17, 15) is 14.3 Å². The average Bonchev–Trinajstić information content (AvgIpc) is 3.23. The summed E-state index contributed by atoms with van der Waals surface area (Å²) in [6.45, 7) is 0. The Balaban J connectivity index is 1.84. The largest absolute Gasteiger partial charge is 0.387 e. The van der Waals surface area contributed by atoms with Crippen molar-refractivity contribution in [3.05, 3.63) is 47.1 Å². The van der Waals surface area contributed by atoms with E-state index in [4.69, 9.17) is 10.5 Å². The summed E-state index contributed by atoms with van der Waals surface area (Å²) in [6, 6.07) is 6.93. The number of thiophene rings is 1. The van der Waals surface area contributed by atoms with E-state index < -0.39 is 30.4 Å². The van der Waals surface area contributed by atoms with Gasteiger partial charge in [-0.2, -0.15) is 0 Å². The van der Waals surface area contributed by atoms with E-state index in [1.54, 1.807) is 29.6 Å². The number of alkyl halides is 2. The van der Waals surface area contributed by atoms with Gasteiger partial charge in [-0.05, 0) is 11.4 Å². The molecule has 4 rings (SSSR count). The Hall–Kier alpha value is -1.69. The number of aliphatic hydroxyl groups is 1.